The molecule has 110 valence electrons. The number of hydrogen-bond acceptors (Lipinski definition) is 3. The van der Waals surface area contributed by atoms with E-state index in [2.05, 4.69) is 30.1 Å². The van der Waals surface area contributed by atoms with Crippen molar-refractivity contribution in [2.24, 2.45) is 5.73 Å². The van der Waals surface area contributed by atoms with Gasteiger partial charge in [0.1, 0.15) is 0 Å². The summed E-state index contributed by atoms with van der Waals surface area (Å²) in [6, 6.07) is 8.27. The highest BCUT2D eigenvalue weighted by Crippen LogP contribution is 2.18. The molecule has 1 aromatic carbocycles. The third-order valence-corrected chi connectivity index (χ3v) is 3.75. The normalized spacial score (nSPS) is 20.1. The Labute approximate surface area is 121 Å². The molecular formula is C16H25N3O. The fourth-order valence-electron chi connectivity index (χ4n) is 2.61. The Morgan fingerprint density at radius 3 is 3.00 bits per heavy atom. The van der Waals surface area contributed by atoms with Crippen LogP contribution in [0.15, 0.2) is 24.3 Å². The molecule has 1 aliphatic heterocycles. The first-order valence-corrected chi connectivity index (χ1v) is 7.42. The molecule has 1 amide bonds. The molecule has 1 unspecified atom stereocenters. The second-order valence-corrected chi connectivity index (χ2v) is 5.97. The number of likely N-dealkylation sites (tertiary alicyclic amines) is 1. The smallest absolute Gasteiger partial charge is 0.238 e. The monoisotopic (exact) mass is 275 g/mol. The van der Waals surface area contributed by atoms with Gasteiger partial charge >= 0.3 is 0 Å². The lowest BCUT2D eigenvalue weighted by molar-refractivity contribution is -0.117. The second kappa shape index (κ2) is 6.86. The van der Waals surface area contributed by atoms with E-state index in [1.807, 2.05) is 18.2 Å². The number of amides is 1. The van der Waals surface area contributed by atoms with Crippen LogP contribution in [0.4, 0.5) is 5.69 Å². The zero-order valence-electron chi connectivity index (χ0n) is 12.4. The summed E-state index contributed by atoms with van der Waals surface area (Å²) in [7, 11) is 0. The molecule has 0 bridgehead atoms. The number of carbonyl (C=O) groups excluding carboxylic acids is 1. The van der Waals surface area contributed by atoms with Crippen molar-refractivity contribution in [2.75, 3.05) is 25.0 Å². The largest absolute Gasteiger partial charge is 0.327 e. The van der Waals surface area contributed by atoms with Gasteiger partial charge in [0.15, 0.2) is 0 Å². The fraction of sp³-hybridized carbons (Fsp3) is 0.562. The van der Waals surface area contributed by atoms with Crippen LogP contribution < -0.4 is 11.1 Å². The number of rotatable bonds is 4. The summed E-state index contributed by atoms with van der Waals surface area (Å²) in [6.07, 6.45) is 2.14. The van der Waals surface area contributed by atoms with Gasteiger partial charge in [0, 0.05) is 18.3 Å². The predicted molar refractivity (Wildman–Crippen MR) is 82.8 cm³/mol. The minimum Gasteiger partial charge on any atom is -0.327 e. The van der Waals surface area contributed by atoms with E-state index in [9.17, 15) is 4.79 Å². The van der Waals surface area contributed by atoms with Crippen LogP contribution in [-0.4, -0.2) is 36.5 Å². The highest BCUT2D eigenvalue weighted by Gasteiger charge is 2.18. The minimum atomic E-state index is 0.0417. The van der Waals surface area contributed by atoms with Crippen LogP contribution in [0.5, 0.6) is 0 Å². The van der Waals surface area contributed by atoms with E-state index in [4.69, 9.17) is 5.73 Å². The van der Waals surface area contributed by atoms with Gasteiger partial charge in [0.25, 0.3) is 0 Å². The molecule has 1 aromatic rings. The van der Waals surface area contributed by atoms with Crippen LogP contribution in [-0.2, 0) is 4.79 Å². The third-order valence-electron chi connectivity index (χ3n) is 3.75. The van der Waals surface area contributed by atoms with E-state index in [0.29, 0.717) is 12.5 Å². The minimum absolute atomic E-state index is 0.0417. The Morgan fingerprint density at radius 2 is 2.30 bits per heavy atom. The lowest BCUT2D eigenvalue weighted by atomic mass is 10.0. The van der Waals surface area contributed by atoms with Crippen molar-refractivity contribution < 1.29 is 4.79 Å². The summed E-state index contributed by atoms with van der Waals surface area (Å²) in [6.45, 7) is 6.51. The average Bonchev–Trinajstić information content (AvgIpc) is 2.38. The molecule has 0 saturated carbocycles. The third kappa shape index (κ3) is 4.32. The van der Waals surface area contributed by atoms with Gasteiger partial charge in [-0.2, -0.15) is 0 Å². The van der Waals surface area contributed by atoms with Gasteiger partial charge < -0.3 is 11.1 Å². The number of nitrogens with two attached hydrogens (primary N) is 1. The number of benzene rings is 1. The Morgan fingerprint density at radius 1 is 1.50 bits per heavy atom. The van der Waals surface area contributed by atoms with E-state index in [1.165, 1.54) is 5.56 Å². The molecule has 1 fully saturated rings. The molecule has 1 saturated heterocycles. The summed E-state index contributed by atoms with van der Waals surface area (Å²) in [5.74, 6) is 0.506. The van der Waals surface area contributed by atoms with Crippen LogP contribution in [0.25, 0.3) is 0 Å². The second-order valence-electron chi connectivity index (χ2n) is 5.97. The summed E-state index contributed by atoms with van der Waals surface area (Å²) in [4.78, 5) is 14.2. The molecule has 4 heteroatoms. The topological polar surface area (TPSA) is 58.4 Å². The lowest BCUT2D eigenvalue weighted by Crippen LogP contribution is -2.45. The van der Waals surface area contributed by atoms with Crippen LogP contribution in [0.1, 0.15) is 38.2 Å². The van der Waals surface area contributed by atoms with Gasteiger partial charge in [-0.25, -0.2) is 0 Å². The Kier molecular flexibility index (Phi) is 5.15. The van der Waals surface area contributed by atoms with Crippen molar-refractivity contribution in [1.29, 1.82) is 0 Å². The first-order chi connectivity index (χ1) is 9.54. The summed E-state index contributed by atoms with van der Waals surface area (Å²) < 4.78 is 0. The molecular weight excluding hydrogens is 250 g/mol. The number of nitrogens with zero attached hydrogens (tertiary/aromatic N) is 1. The van der Waals surface area contributed by atoms with Crippen molar-refractivity contribution in [3.63, 3.8) is 0 Å². The van der Waals surface area contributed by atoms with Crippen LogP contribution >= 0.6 is 0 Å². The van der Waals surface area contributed by atoms with Crippen LogP contribution in [0.3, 0.4) is 0 Å². The van der Waals surface area contributed by atoms with Crippen LogP contribution in [0.2, 0.25) is 0 Å². The number of hydrogen-bond donors (Lipinski definition) is 2. The van der Waals surface area contributed by atoms with Gasteiger partial charge in [-0.15, -0.1) is 0 Å². The lowest BCUT2D eigenvalue weighted by Gasteiger charge is -2.29. The van der Waals surface area contributed by atoms with Crippen molar-refractivity contribution in [2.45, 2.75) is 38.6 Å². The van der Waals surface area contributed by atoms with Gasteiger partial charge in [0.2, 0.25) is 5.91 Å². The maximum atomic E-state index is 12.1. The molecule has 0 radical (unpaired) electrons. The highest BCUT2D eigenvalue weighted by molar-refractivity contribution is 5.92. The van der Waals surface area contributed by atoms with E-state index in [0.717, 1.165) is 31.6 Å². The fourth-order valence-corrected chi connectivity index (χ4v) is 2.61. The first-order valence-electron chi connectivity index (χ1n) is 7.42. The Balaban J connectivity index is 1.89. The Hall–Kier alpha value is -1.39. The molecule has 20 heavy (non-hydrogen) atoms. The predicted octanol–water partition coefficient (Wildman–Crippen LogP) is 2.17. The maximum absolute atomic E-state index is 12.1. The molecule has 4 nitrogen and oxygen atoms in total. The van der Waals surface area contributed by atoms with Gasteiger partial charge in [-0.3, -0.25) is 9.69 Å². The first kappa shape index (κ1) is 15.0. The van der Waals surface area contributed by atoms with E-state index < -0.39 is 0 Å². The van der Waals surface area contributed by atoms with Crippen molar-refractivity contribution in [1.82, 2.24) is 4.90 Å². The quantitative estimate of drug-likeness (QED) is 0.885. The van der Waals surface area contributed by atoms with Gasteiger partial charge in [0.05, 0.1) is 6.54 Å². The number of carbonyl (C=O) groups is 1. The SMILES string of the molecule is CC(C)c1cccc(NC(=O)CN2CCCC(N)C2)c1. The molecule has 1 aliphatic rings. The summed E-state index contributed by atoms with van der Waals surface area (Å²) in [5, 5.41) is 2.98. The average molecular weight is 275 g/mol. The highest BCUT2D eigenvalue weighted by atomic mass is 16.2. The van der Waals surface area contributed by atoms with E-state index in [-0.39, 0.29) is 11.9 Å². The zero-order chi connectivity index (χ0) is 14.5. The molecule has 3 N–H and O–H groups in total. The van der Waals surface area contributed by atoms with E-state index in [1.54, 1.807) is 0 Å². The summed E-state index contributed by atoms with van der Waals surface area (Å²) >= 11 is 0. The molecule has 0 aliphatic carbocycles. The van der Waals surface area contributed by atoms with Crippen molar-refractivity contribution >= 4 is 11.6 Å². The number of anilines is 1. The number of piperidine rings is 1. The van der Waals surface area contributed by atoms with E-state index >= 15 is 0 Å². The molecule has 2 rings (SSSR count). The molecule has 1 atom stereocenters. The van der Waals surface area contributed by atoms with Crippen molar-refractivity contribution in [3.05, 3.63) is 29.8 Å². The maximum Gasteiger partial charge on any atom is 0.238 e. The zero-order valence-corrected chi connectivity index (χ0v) is 12.4. The Bertz CT molecular complexity index is 459. The van der Waals surface area contributed by atoms with Gasteiger partial charge in [-0.1, -0.05) is 26.0 Å². The van der Waals surface area contributed by atoms with Crippen LogP contribution in [0, 0.1) is 0 Å². The summed E-state index contributed by atoms with van der Waals surface area (Å²) in [5.41, 5.74) is 8.05. The molecule has 0 aromatic heterocycles. The number of nitrogens with one attached hydrogen (secondary N) is 1. The standard InChI is InChI=1S/C16H25N3O/c1-12(2)13-5-3-7-15(9-13)18-16(20)11-19-8-4-6-14(17)10-19/h3,5,7,9,12,14H,4,6,8,10-11,17H2,1-2H3,(H,18,20). The van der Waals surface area contributed by atoms with Gasteiger partial charge in [-0.05, 0) is 43.0 Å². The molecule has 1 heterocycles. The molecule has 0 spiro atoms. The van der Waals surface area contributed by atoms with Crippen molar-refractivity contribution in [3.8, 4) is 0 Å².